The second-order valence-electron chi connectivity index (χ2n) is 12.7. The van der Waals surface area contributed by atoms with Crippen LogP contribution >= 0.6 is 11.3 Å². The van der Waals surface area contributed by atoms with E-state index >= 15 is 0 Å². The van der Waals surface area contributed by atoms with Gasteiger partial charge >= 0.3 is 5.97 Å². The Balaban J connectivity index is 1.21. The van der Waals surface area contributed by atoms with Gasteiger partial charge in [0, 0.05) is 22.8 Å². The molecule has 0 saturated heterocycles. The summed E-state index contributed by atoms with van der Waals surface area (Å²) in [5.41, 5.74) is 6.60. The lowest BCUT2D eigenvalue weighted by molar-refractivity contribution is -0.132. The molecular weight excluding hydrogens is 665 g/mol. The summed E-state index contributed by atoms with van der Waals surface area (Å²) < 4.78 is 5.94. The van der Waals surface area contributed by atoms with Gasteiger partial charge in [0.2, 0.25) is 0 Å². The monoisotopic (exact) mass is 702 g/mol. The molecule has 1 aliphatic heterocycles. The van der Waals surface area contributed by atoms with Gasteiger partial charge in [0.15, 0.2) is 0 Å². The molecule has 258 valence electrons. The number of hydrazone groups is 1. The maximum atomic E-state index is 11.3. The molecule has 6 rings (SSSR count). The third-order valence-corrected chi connectivity index (χ3v) is 10.0. The van der Waals surface area contributed by atoms with Gasteiger partial charge in [0.05, 0.1) is 29.3 Å². The van der Waals surface area contributed by atoms with E-state index in [1.807, 2.05) is 35.4 Å². The van der Waals surface area contributed by atoms with Gasteiger partial charge in [-0.25, -0.2) is 4.79 Å². The smallest absolute Gasteiger partial charge is 0.346 e. The van der Waals surface area contributed by atoms with Crippen LogP contribution in [0.3, 0.4) is 0 Å². The van der Waals surface area contributed by atoms with Crippen molar-refractivity contribution in [1.82, 2.24) is 0 Å². The minimum absolute atomic E-state index is 0.0704. The Morgan fingerprint density at radius 1 is 0.942 bits per heavy atom. The Hall–Kier alpha value is -6.14. The highest BCUT2D eigenvalue weighted by molar-refractivity contribution is 7.13. The zero-order valence-corrected chi connectivity index (χ0v) is 29.8. The molecule has 0 amide bonds. The Bertz CT molecular complexity index is 2170. The van der Waals surface area contributed by atoms with E-state index < -0.39 is 5.97 Å². The van der Waals surface area contributed by atoms with Crippen molar-refractivity contribution in [1.29, 1.82) is 10.5 Å². The van der Waals surface area contributed by atoms with Crippen molar-refractivity contribution in [3.63, 3.8) is 0 Å². The van der Waals surface area contributed by atoms with E-state index in [2.05, 4.69) is 91.6 Å². The lowest BCUT2D eigenvalue weighted by Gasteiger charge is -2.25. The molecule has 1 aliphatic carbocycles. The first-order valence-corrected chi connectivity index (χ1v) is 18.3. The molecule has 0 fully saturated rings. The second kappa shape index (κ2) is 17.2. The first kappa shape index (κ1) is 35.7. The highest BCUT2D eigenvalue weighted by Crippen LogP contribution is 2.37. The SMILES string of the molecule is CCCCCCOc1ccc(-c2ccc(C3CC(C#Cc4ccc(/C=C(/C#N)C(=O)O)s4)=NN3c3ccc(C4C=CC(C#N)=CC4)cc3)cc2)cc1. The molecule has 3 aromatic carbocycles. The van der Waals surface area contributed by atoms with Crippen molar-refractivity contribution in [2.75, 3.05) is 11.6 Å². The average molecular weight is 703 g/mol. The summed E-state index contributed by atoms with van der Waals surface area (Å²) in [6.07, 6.45) is 13.4. The molecule has 1 aromatic heterocycles. The van der Waals surface area contributed by atoms with Gasteiger partial charge in [-0.15, -0.1) is 11.3 Å². The number of allylic oxidation sites excluding steroid dienone is 4. The van der Waals surface area contributed by atoms with Crippen molar-refractivity contribution >= 4 is 34.8 Å². The van der Waals surface area contributed by atoms with Crippen LogP contribution in [0.4, 0.5) is 5.69 Å². The lowest BCUT2D eigenvalue weighted by Crippen LogP contribution is -2.18. The van der Waals surface area contributed by atoms with Crippen molar-refractivity contribution in [2.45, 2.75) is 57.4 Å². The number of ether oxygens (including phenoxy) is 1. The third-order valence-electron chi connectivity index (χ3n) is 9.07. The molecule has 7 nitrogen and oxygen atoms in total. The van der Waals surface area contributed by atoms with Gasteiger partial charge in [-0.3, -0.25) is 5.01 Å². The summed E-state index contributed by atoms with van der Waals surface area (Å²) in [5, 5.41) is 34.5. The van der Waals surface area contributed by atoms with E-state index in [1.54, 1.807) is 12.1 Å². The molecule has 2 heterocycles. The van der Waals surface area contributed by atoms with Gasteiger partial charge in [0.25, 0.3) is 0 Å². The largest absolute Gasteiger partial charge is 0.494 e. The van der Waals surface area contributed by atoms with E-state index in [1.165, 1.54) is 42.2 Å². The van der Waals surface area contributed by atoms with Crippen molar-refractivity contribution < 1.29 is 14.6 Å². The number of unbranched alkanes of at least 4 members (excludes halogenated alkanes) is 3. The second-order valence-corrected chi connectivity index (χ2v) is 13.8. The number of aliphatic carboxylic acids is 1. The fraction of sp³-hybridized carbons (Fsp3) is 0.227. The fourth-order valence-corrected chi connectivity index (χ4v) is 6.99. The van der Waals surface area contributed by atoms with Crippen LogP contribution in [0.1, 0.15) is 78.3 Å². The summed E-state index contributed by atoms with van der Waals surface area (Å²) in [7, 11) is 0. The summed E-state index contributed by atoms with van der Waals surface area (Å²) >= 11 is 1.33. The molecule has 2 unspecified atom stereocenters. The molecule has 2 atom stereocenters. The molecule has 0 saturated carbocycles. The number of carbonyl (C=O) groups is 1. The van der Waals surface area contributed by atoms with Gasteiger partial charge < -0.3 is 9.84 Å². The summed E-state index contributed by atoms with van der Waals surface area (Å²) in [6.45, 7) is 2.95. The summed E-state index contributed by atoms with van der Waals surface area (Å²) in [6, 6.07) is 32.8. The van der Waals surface area contributed by atoms with Crippen molar-refractivity contribution in [3.05, 3.63) is 135 Å². The number of carboxylic acid groups (broad SMARTS) is 1. The van der Waals surface area contributed by atoms with Crippen LogP contribution in [0.5, 0.6) is 5.75 Å². The minimum atomic E-state index is -1.26. The molecular formula is C44H38N4O3S. The highest BCUT2D eigenvalue weighted by atomic mass is 32.1. The molecule has 0 radical (unpaired) electrons. The van der Waals surface area contributed by atoms with Crippen LogP contribution in [0.2, 0.25) is 0 Å². The number of hydrogen-bond acceptors (Lipinski definition) is 7. The predicted molar refractivity (Wildman–Crippen MR) is 208 cm³/mol. The van der Waals surface area contributed by atoms with Gasteiger partial charge in [-0.1, -0.05) is 86.9 Å². The molecule has 8 heteroatoms. The van der Waals surface area contributed by atoms with E-state index in [9.17, 15) is 15.2 Å². The van der Waals surface area contributed by atoms with Crippen LogP contribution < -0.4 is 9.75 Å². The number of rotatable bonds is 12. The number of carboxylic acids is 1. The zero-order valence-electron chi connectivity index (χ0n) is 29.0. The van der Waals surface area contributed by atoms with E-state index in [0.29, 0.717) is 16.9 Å². The summed E-state index contributed by atoms with van der Waals surface area (Å²) in [4.78, 5) is 12.7. The number of thiophene rings is 1. The third kappa shape index (κ3) is 8.95. The van der Waals surface area contributed by atoms with Crippen molar-refractivity contribution in [2.24, 2.45) is 5.10 Å². The molecule has 1 N–H and O–H groups in total. The molecule has 4 aromatic rings. The number of benzene rings is 3. The maximum Gasteiger partial charge on any atom is 0.346 e. The maximum absolute atomic E-state index is 11.3. The molecule has 52 heavy (non-hydrogen) atoms. The summed E-state index contributed by atoms with van der Waals surface area (Å²) in [5.74, 6) is 6.30. The Labute approximate surface area is 309 Å². The predicted octanol–water partition coefficient (Wildman–Crippen LogP) is 10.2. The Morgan fingerprint density at radius 3 is 2.33 bits per heavy atom. The highest BCUT2D eigenvalue weighted by Gasteiger charge is 2.29. The van der Waals surface area contributed by atoms with E-state index in [-0.39, 0.29) is 17.5 Å². The number of anilines is 1. The van der Waals surface area contributed by atoms with Crippen LogP contribution in [-0.2, 0) is 4.79 Å². The number of nitrogens with zero attached hydrogens (tertiary/aromatic N) is 4. The fourth-order valence-electron chi connectivity index (χ4n) is 6.18. The normalized spacial score (nSPS) is 16.6. The van der Waals surface area contributed by atoms with Gasteiger partial charge in [-0.05, 0) is 95.5 Å². The zero-order chi connectivity index (χ0) is 36.3. The molecule has 2 aliphatic rings. The minimum Gasteiger partial charge on any atom is -0.494 e. The van der Waals surface area contributed by atoms with Crippen LogP contribution in [0, 0.1) is 34.5 Å². The van der Waals surface area contributed by atoms with Crippen molar-refractivity contribution in [3.8, 4) is 40.9 Å². The van der Waals surface area contributed by atoms with Crippen LogP contribution in [0.25, 0.3) is 17.2 Å². The standard InChI is InChI=1S/C44H38N4O3S/c1-2-3-4-5-26-51-40-21-16-35(17-22-40)33-10-12-36(13-11-33)43-28-38(18-23-41-24-25-42(52-41)27-37(30-46)44(49)50)47-48(43)39-19-14-34(15-20-39)32-8-6-31(29-45)7-9-32/h6-8,10-17,19-22,24-25,27,32,43H,2-5,9,26,28H2,1H3,(H,49,50)/b37-27-. The number of hydrogen-bond donors (Lipinski definition) is 1. The van der Waals surface area contributed by atoms with Gasteiger partial charge in [0.1, 0.15) is 23.1 Å². The first-order chi connectivity index (χ1) is 25.4. The Kier molecular flexibility index (Phi) is 11.8. The number of nitriles is 2. The van der Waals surface area contributed by atoms with E-state index in [4.69, 9.17) is 15.1 Å². The van der Waals surface area contributed by atoms with E-state index in [0.717, 1.165) is 58.2 Å². The lowest BCUT2D eigenvalue weighted by atomic mass is 9.90. The first-order valence-electron chi connectivity index (χ1n) is 17.5. The molecule has 0 spiro atoms. The quantitative estimate of drug-likeness (QED) is 0.0681. The molecule has 0 bridgehead atoms. The topological polar surface area (TPSA) is 110 Å². The van der Waals surface area contributed by atoms with Crippen LogP contribution in [-0.4, -0.2) is 23.4 Å². The Morgan fingerprint density at radius 2 is 1.67 bits per heavy atom. The average Bonchev–Trinajstić information content (AvgIpc) is 3.83. The van der Waals surface area contributed by atoms with Gasteiger partial charge in [-0.2, -0.15) is 15.6 Å². The van der Waals surface area contributed by atoms with Crippen LogP contribution in [0.15, 0.2) is 119 Å².